The maximum Gasteiger partial charge on any atom is 0.335 e. The average molecular weight is 215 g/mol. The third-order valence-electron chi connectivity index (χ3n) is 1.52. The number of halogens is 1. The molecule has 0 aromatic carbocycles. The summed E-state index contributed by atoms with van der Waals surface area (Å²) in [6, 6.07) is 0. The van der Waals surface area contributed by atoms with Crippen LogP contribution in [0.3, 0.4) is 0 Å². The maximum atomic E-state index is 11.2. The van der Waals surface area contributed by atoms with Crippen molar-refractivity contribution in [2.45, 2.75) is 13.5 Å². The van der Waals surface area contributed by atoms with E-state index in [2.05, 4.69) is 11.7 Å². The van der Waals surface area contributed by atoms with Gasteiger partial charge < -0.3 is 4.74 Å². The summed E-state index contributed by atoms with van der Waals surface area (Å²) < 4.78 is 6.30. The first-order chi connectivity index (χ1) is 6.63. The van der Waals surface area contributed by atoms with Crippen molar-refractivity contribution in [3.63, 3.8) is 0 Å². The number of aromatic nitrogens is 2. The smallest absolute Gasteiger partial charge is 0.335 e. The Morgan fingerprint density at radius 1 is 1.79 bits per heavy atom. The number of carbonyl (C=O) groups is 1. The molecule has 0 amide bonds. The highest BCUT2D eigenvalue weighted by molar-refractivity contribution is 6.30. The second-order valence-corrected chi connectivity index (χ2v) is 3.12. The molecule has 14 heavy (non-hydrogen) atoms. The Morgan fingerprint density at radius 3 is 3.00 bits per heavy atom. The van der Waals surface area contributed by atoms with Gasteiger partial charge in [-0.25, -0.2) is 4.79 Å². The van der Waals surface area contributed by atoms with Crippen LogP contribution >= 0.6 is 11.6 Å². The van der Waals surface area contributed by atoms with Crippen LogP contribution in [0.2, 0.25) is 5.02 Å². The van der Waals surface area contributed by atoms with E-state index in [4.69, 9.17) is 16.3 Å². The highest BCUT2D eigenvalue weighted by atomic mass is 35.5. The molecule has 0 aliphatic rings. The zero-order chi connectivity index (χ0) is 10.6. The quantitative estimate of drug-likeness (QED) is 0.566. The van der Waals surface area contributed by atoms with E-state index in [1.54, 1.807) is 13.1 Å². The van der Waals surface area contributed by atoms with Crippen LogP contribution in [0.25, 0.3) is 0 Å². The Kier molecular flexibility index (Phi) is 3.71. The summed E-state index contributed by atoms with van der Waals surface area (Å²) in [6.45, 7) is 5.99. The van der Waals surface area contributed by atoms with Crippen LogP contribution in [0.1, 0.15) is 6.92 Å². The van der Waals surface area contributed by atoms with Gasteiger partial charge in [0, 0.05) is 6.20 Å². The lowest BCUT2D eigenvalue weighted by molar-refractivity contribution is -0.138. The maximum absolute atomic E-state index is 11.2. The van der Waals surface area contributed by atoms with Crippen LogP contribution in [-0.4, -0.2) is 22.4 Å². The lowest BCUT2D eigenvalue weighted by Crippen LogP contribution is -2.12. The van der Waals surface area contributed by atoms with Gasteiger partial charge >= 0.3 is 5.97 Å². The molecule has 0 atom stereocenters. The number of esters is 1. The van der Waals surface area contributed by atoms with E-state index in [0.717, 1.165) is 0 Å². The molecule has 1 rings (SSSR count). The molecule has 0 aliphatic carbocycles. The molecule has 0 saturated carbocycles. The summed E-state index contributed by atoms with van der Waals surface area (Å²) in [5.74, 6) is -0.404. The van der Waals surface area contributed by atoms with Crippen molar-refractivity contribution in [2.75, 3.05) is 6.61 Å². The lowest BCUT2D eigenvalue weighted by atomic mass is 10.3. The largest absolute Gasteiger partial charge is 0.463 e. The number of rotatable bonds is 4. The number of carbonyl (C=O) groups excluding carboxylic acids is 1. The van der Waals surface area contributed by atoms with Gasteiger partial charge in [0.05, 0.1) is 29.9 Å². The number of nitrogens with zero attached hydrogens (tertiary/aromatic N) is 2. The molecule has 0 spiro atoms. The molecule has 0 N–H and O–H groups in total. The molecule has 5 heteroatoms. The van der Waals surface area contributed by atoms with Gasteiger partial charge in [-0.3, -0.25) is 4.68 Å². The number of ether oxygens (including phenoxy) is 1. The Bertz CT molecular complexity index is 346. The van der Waals surface area contributed by atoms with E-state index < -0.39 is 5.97 Å². The molecule has 0 unspecified atom stereocenters. The highest BCUT2D eigenvalue weighted by Crippen LogP contribution is 2.06. The molecule has 1 heterocycles. The second kappa shape index (κ2) is 4.81. The summed E-state index contributed by atoms with van der Waals surface area (Å²) in [6.07, 6.45) is 3.12. The Hall–Kier alpha value is -1.29. The highest BCUT2D eigenvalue weighted by Gasteiger charge is 2.08. The van der Waals surface area contributed by atoms with Crippen LogP contribution < -0.4 is 0 Å². The van der Waals surface area contributed by atoms with Crippen molar-refractivity contribution in [1.29, 1.82) is 0 Å². The predicted molar refractivity (Wildman–Crippen MR) is 53.0 cm³/mol. The van der Waals surface area contributed by atoms with Crippen LogP contribution in [-0.2, 0) is 16.1 Å². The van der Waals surface area contributed by atoms with Crippen LogP contribution in [0.5, 0.6) is 0 Å². The summed E-state index contributed by atoms with van der Waals surface area (Å²) in [5.41, 5.74) is 0.353. The fraction of sp³-hybridized carbons (Fsp3) is 0.333. The van der Waals surface area contributed by atoms with Crippen molar-refractivity contribution >= 4 is 17.6 Å². The summed E-state index contributed by atoms with van der Waals surface area (Å²) in [4.78, 5) is 11.2. The van der Waals surface area contributed by atoms with E-state index in [9.17, 15) is 4.79 Å². The first-order valence-corrected chi connectivity index (χ1v) is 4.54. The molecular formula is C9H11ClN2O2. The minimum Gasteiger partial charge on any atom is -0.463 e. The Balaban J connectivity index is 2.53. The molecular weight excluding hydrogens is 204 g/mol. The van der Waals surface area contributed by atoms with Crippen molar-refractivity contribution in [2.24, 2.45) is 0 Å². The van der Waals surface area contributed by atoms with Gasteiger partial charge in [-0.05, 0) is 6.92 Å². The van der Waals surface area contributed by atoms with E-state index in [-0.39, 0.29) is 0 Å². The molecule has 1 aromatic rings. The predicted octanol–water partition coefficient (Wildman–Crippen LogP) is 1.66. The van der Waals surface area contributed by atoms with Crippen molar-refractivity contribution < 1.29 is 9.53 Å². The standard InChI is InChI=1S/C9H11ClN2O2/c1-3-14-9(13)7(2)5-12-6-8(10)4-11-12/h4,6H,2-3,5H2,1H3. The number of hydrogen-bond donors (Lipinski definition) is 0. The molecule has 0 aliphatic heterocycles. The van der Waals surface area contributed by atoms with E-state index >= 15 is 0 Å². The Morgan fingerprint density at radius 2 is 2.50 bits per heavy atom. The third kappa shape index (κ3) is 2.88. The van der Waals surface area contributed by atoms with Gasteiger partial charge in [0.1, 0.15) is 0 Å². The van der Waals surface area contributed by atoms with E-state index in [0.29, 0.717) is 23.7 Å². The number of hydrogen-bond acceptors (Lipinski definition) is 3. The van der Waals surface area contributed by atoms with Crippen LogP contribution in [0.4, 0.5) is 0 Å². The van der Waals surface area contributed by atoms with E-state index in [1.807, 2.05) is 0 Å². The fourth-order valence-corrected chi connectivity index (χ4v) is 1.07. The van der Waals surface area contributed by atoms with Gasteiger partial charge in [0.2, 0.25) is 0 Å². The van der Waals surface area contributed by atoms with Crippen LogP contribution in [0, 0.1) is 0 Å². The summed E-state index contributed by atoms with van der Waals surface area (Å²) >= 11 is 5.66. The molecule has 0 bridgehead atoms. The minimum atomic E-state index is -0.404. The normalized spacial score (nSPS) is 9.86. The molecule has 0 radical (unpaired) electrons. The summed E-state index contributed by atoms with van der Waals surface area (Å²) in [5, 5.41) is 4.44. The van der Waals surface area contributed by atoms with Gasteiger partial charge in [-0.1, -0.05) is 18.2 Å². The first-order valence-electron chi connectivity index (χ1n) is 4.16. The first kappa shape index (κ1) is 10.8. The topological polar surface area (TPSA) is 44.1 Å². The van der Waals surface area contributed by atoms with Crippen LogP contribution in [0.15, 0.2) is 24.5 Å². The van der Waals surface area contributed by atoms with Gasteiger partial charge in [0.25, 0.3) is 0 Å². The lowest BCUT2D eigenvalue weighted by Gasteiger charge is -2.04. The van der Waals surface area contributed by atoms with Crippen molar-refractivity contribution in [1.82, 2.24) is 9.78 Å². The zero-order valence-electron chi connectivity index (χ0n) is 7.86. The fourth-order valence-electron chi connectivity index (χ4n) is 0.918. The summed E-state index contributed by atoms with van der Waals surface area (Å²) in [7, 11) is 0. The van der Waals surface area contributed by atoms with Crippen molar-refractivity contribution in [3.05, 3.63) is 29.6 Å². The molecule has 1 aromatic heterocycles. The monoisotopic (exact) mass is 214 g/mol. The van der Waals surface area contributed by atoms with Gasteiger partial charge in [-0.2, -0.15) is 5.10 Å². The van der Waals surface area contributed by atoms with Gasteiger partial charge in [-0.15, -0.1) is 0 Å². The molecule has 4 nitrogen and oxygen atoms in total. The van der Waals surface area contributed by atoms with Crippen molar-refractivity contribution in [3.8, 4) is 0 Å². The second-order valence-electron chi connectivity index (χ2n) is 2.68. The van der Waals surface area contributed by atoms with Gasteiger partial charge in [0.15, 0.2) is 0 Å². The zero-order valence-corrected chi connectivity index (χ0v) is 8.62. The third-order valence-corrected chi connectivity index (χ3v) is 1.71. The molecule has 0 saturated heterocycles. The average Bonchev–Trinajstić information content (AvgIpc) is 2.51. The molecule has 76 valence electrons. The SMILES string of the molecule is C=C(Cn1cc(Cl)cn1)C(=O)OCC. The van der Waals surface area contributed by atoms with E-state index in [1.165, 1.54) is 10.9 Å². The Labute approximate surface area is 87.1 Å². The minimum absolute atomic E-state index is 0.297. The molecule has 0 fully saturated rings.